The number of anilines is 1. The maximum Gasteiger partial charge on any atom is 0.259 e. The van der Waals surface area contributed by atoms with Gasteiger partial charge < -0.3 is 10.2 Å². The summed E-state index contributed by atoms with van der Waals surface area (Å²) in [5, 5.41) is 6.14. The zero-order chi connectivity index (χ0) is 20.5. The molecule has 8 heteroatoms. The van der Waals surface area contributed by atoms with E-state index in [1.54, 1.807) is 0 Å². The average Bonchev–Trinajstić information content (AvgIpc) is 2.68. The van der Waals surface area contributed by atoms with E-state index in [-0.39, 0.29) is 17.1 Å². The zero-order valence-corrected chi connectivity index (χ0v) is 16.5. The van der Waals surface area contributed by atoms with Crippen molar-refractivity contribution in [2.75, 3.05) is 24.5 Å². The molecule has 0 fully saturated rings. The number of carbonyl (C=O) groups excluding carboxylic acids is 2. The van der Waals surface area contributed by atoms with Crippen molar-refractivity contribution < 1.29 is 14.0 Å². The third kappa shape index (κ3) is 5.79. The van der Waals surface area contributed by atoms with Gasteiger partial charge in [-0.1, -0.05) is 29.8 Å². The van der Waals surface area contributed by atoms with Crippen LogP contribution in [-0.2, 0) is 4.79 Å². The molecule has 0 radical (unpaired) electrons. The Labute approximate surface area is 168 Å². The van der Waals surface area contributed by atoms with Crippen LogP contribution in [0.4, 0.5) is 10.1 Å². The second-order valence-electron chi connectivity index (χ2n) is 5.84. The highest BCUT2D eigenvalue weighted by atomic mass is 35.5. The first-order chi connectivity index (χ1) is 13.5. The second-order valence-corrected chi connectivity index (χ2v) is 6.24. The molecule has 2 aromatic carbocycles. The monoisotopic (exact) mass is 404 g/mol. The molecule has 148 valence electrons. The molecule has 0 bridgehead atoms. The van der Waals surface area contributed by atoms with E-state index in [4.69, 9.17) is 11.6 Å². The Hall–Kier alpha value is -2.93. The molecule has 28 heavy (non-hydrogen) atoms. The van der Waals surface area contributed by atoms with Crippen LogP contribution in [0.25, 0.3) is 0 Å². The highest BCUT2D eigenvalue weighted by Gasteiger charge is 2.16. The molecule has 2 aromatic rings. The highest BCUT2D eigenvalue weighted by molar-refractivity contribution is 6.33. The first-order valence-electron chi connectivity index (χ1n) is 8.85. The van der Waals surface area contributed by atoms with Gasteiger partial charge in [0.05, 0.1) is 23.3 Å². The summed E-state index contributed by atoms with van der Waals surface area (Å²) < 4.78 is 13.7. The van der Waals surface area contributed by atoms with Gasteiger partial charge >= 0.3 is 0 Å². The lowest BCUT2D eigenvalue weighted by Gasteiger charge is -2.20. The van der Waals surface area contributed by atoms with E-state index < -0.39 is 17.6 Å². The average molecular weight is 405 g/mol. The van der Waals surface area contributed by atoms with Crippen LogP contribution in [0.2, 0.25) is 5.02 Å². The predicted molar refractivity (Wildman–Crippen MR) is 109 cm³/mol. The Bertz CT molecular complexity index is 832. The van der Waals surface area contributed by atoms with Crippen molar-refractivity contribution in [1.29, 1.82) is 0 Å². The molecule has 0 aromatic heterocycles. The van der Waals surface area contributed by atoms with Crippen LogP contribution in [0.15, 0.2) is 47.6 Å². The van der Waals surface area contributed by atoms with Crippen molar-refractivity contribution in [3.63, 3.8) is 0 Å². The van der Waals surface area contributed by atoms with Crippen LogP contribution in [0, 0.1) is 5.82 Å². The van der Waals surface area contributed by atoms with Gasteiger partial charge in [0.2, 0.25) is 0 Å². The molecule has 2 amide bonds. The number of hydrogen-bond acceptors (Lipinski definition) is 4. The van der Waals surface area contributed by atoms with Gasteiger partial charge in [-0.05, 0) is 43.7 Å². The van der Waals surface area contributed by atoms with Crippen LogP contribution in [0.5, 0.6) is 0 Å². The minimum absolute atomic E-state index is 0.0240. The van der Waals surface area contributed by atoms with E-state index >= 15 is 0 Å². The molecule has 0 saturated carbocycles. The number of nitrogens with one attached hydrogen (secondary N) is 2. The highest BCUT2D eigenvalue weighted by Crippen LogP contribution is 2.18. The minimum Gasteiger partial charge on any atom is -0.372 e. The quantitative estimate of drug-likeness (QED) is 0.524. The van der Waals surface area contributed by atoms with Crippen molar-refractivity contribution in [3.05, 3.63) is 64.4 Å². The Morgan fingerprint density at radius 1 is 1.14 bits per heavy atom. The number of hydrogen-bond donors (Lipinski definition) is 2. The first-order valence-corrected chi connectivity index (χ1v) is 9.23. The lowest BCUT2D eigenvalue weighted by Crippen LogP contribution is -2.35. The molecule has 2 rings (SSSR count). The third-order valence-electron chi connectivity index (χ3n) is 4.02. The van der Waals surface area contributed by atoms with Gasteiger partial charge in [0.25, 0.3) is 11.8 Å². The van der Waals surface area contributed by atoms with Crippen molar-refractivity contribution in [3.8, 4) is 0 Å². The molecule has 0 unspecified atom stereocenters. The summed E-state index contributed by atoms with van der Waals surface area (Å²) >= 11 is 5.81. The van der Waals surface area contributed by atoms with Crippen molar-refractivity contribution >= 4 is 35.3 Å². The maximum absolute atomic E-state index is 13.7. The topological polar surface area (TPSA) is 73.8 Å². The Morgan fingerprint density at radius 2 is 1.82 bits per heavy atom. The molecule has 6 nitrogen and oxygen atoms in total. The van der Waals surface area contributed by atoms with Gasteiger partial charge in [-0.15, -0.1) is 0 Å². The number of halogens is 2. The molecule has 0 aliphatic heterocycles. The Balaban J connectivity index is 1.84. The lowest BCUT2D eigenvalue weighted by atomic mass is 10.2. The summed E-state index contributed by atoms with van der Waals surface area (Å²) in [6.07, 6.45) is 1.50. The van der Waals surface area contributed by atoms with E-state index in [9.17, 15) is 14.0 Å². The summed E-state index contributed by atoms with van der Waals surface area (Å²) in [7, 11) is 0. The summed E-state index contributed by atoms with van der Waals surface area (Å²) in [4.78, 5) is 26.0. The Kier molecular flexibility index (Phi) is 7.95. The van der Waals surface area contributed by atoms with Crippen molar-refractivity contribution in [2.24, 2.45) is 5.10 Å². The number of nitrogens with zero attached hydrogens (tertiary/aromatic N) is 2. The number of carbonyl (C=O) groups is 2. The fraction of sp³-hybridized carbons (Fsp3) is 0.250. The van der Waals surface area contributed by atoms with Crippen LogP contribution in [0.1, 0.15) is 29.8 Å². The minimum atomic E-state index is -0.769. The summed E-state index contributed by atoms with van der Waals surface area (Å²) in [6.45, 7) is 5.66. The molecular weight excluding hydrogens is 383 g/mol. The van der Waals surface area contributed by atoms with E-state index in [2.05, 4.69) is 34.6 Å². The molecular formula is C20H22ClFN4O2. The van der Waals surface area contributed by atoms with Crippen LogP contribution in [0.3, 0.4) is 0 Å². The molecule has 0 heterocycles. The van der Waals surface area contributed by atoms with E-state index in [0.29, 0.717) is 0 Å². The predicted octanol–water partition coefficient (Wildman–Crippen LogP) is 3.21. The summed E-state index contributed by atoms with van der Waals surface area (Å²) in [5.74, 6) is -2.07. The van der Waals surface area contributed by atoms with Gasteiger partial charge in [-0.25, -0.2) is 9.82 Å². The van der Waals surface area contributed by atoms with E-state index in [0.717, 1.165) is 30.4 Å². The fourth-order valence-electron chi connectivity index (χ4n) is 2.54. The molecule has 0 aliphatic carbocycles. The zero-order valence-electron chi connectivity index (χ0n) is 15.7. The van der Waals surface area contributed by atoms with Crippen molar-refractivity contribution in [2.45, 2.75) is 13.8 Å². The van der Waals surface area contributed by atoms with Gasteiger partial charge in [-0.2, -0.15) is 5.10 Å². The second kappa shape index (κ2) is 10.4. The molecule has 0 atom stereocenters. The largest absolute Gasteiger partial charge is 0.372 e. The lowest BCUT2D eigenvalue weighted by molar-refractivity contribution is -0.120. The Morgan fingerprint density at radius 3 is 2.43 bits per heavy atom. The van der Waals surface area contributed by atoms with Gasteiger partial charge in [-0.3, -0.25) is 9.59 Å². The molecule has 0 aliphatic rings. The fourth-order valence-corrected chi connectivity index (χ4v) is 2.79. The first kappa shape index (κ1) is 21.4. The smallest absolute Gasteiger partial charge is 0.259 e. The number of amides is 2. The van der Waals surface area contributed by atoms with Crippen molar-refractivity contribution in [1.82, 2.24) is 10.7 Å². The van der Waals surface area contributed by atoms with Crippen LogP contribution in [-0.4, -0.2) is 37.7 Å². The molecule has 0 saturated heterocycles. The maximum atomic E-state index is 13.7. The normalized spacial score (nSPS) is 10.7. The van der Waals surface area contributed by atoms with Gasteiger partial charge in [0.1, 0.15) is 5.82 Å². The number of hydrazone groups is 1. The van der Waals surface area contributed by atoms with Gasteiger partial charge in [0, 0.05) is 18.8 Å². The van der Waals surface area contributed by atoms with E-state index in [1.165, 1.54) is 18.3 Å². The number of benzene rings is 2. The van der Waals surface area contributed by atoms with Crippen LogP contribution >= 0.6 is 11.6 Å². The SMILES string of the molecule is CCN(CC)c1ccc(/C=N/NC(=O)CNC(=O)c2c(F)cccc2Cl)cc1. The van der Waals surface area contributed by atoms with E-state index in [1.807, 2.05) is 24.3 Å². The third-order valence-corrected chi connectivity index (χ3v) is 4.34. The van der Waals surface area contributed by atoms with Crippen LogP contribution < -0.4 is 15.6 Å². The number of rotatable bonds is 8. The standard InChI is InChI=1S/C20H22ClFN4O2/c1-3-26(4-2)15-10-8-14(9-11-15)12-24-25-18(27)13-23-20(28)19-16(21)6-5-7-17(19)22/h5-12H,3-4,13H2,1-2H3,(H,23,28)(H,25,27)/b24-12+. The molecule has 0 spiro atoms. The van der Waals surface area contributed by atoms with Gasteiger partial charge in [0.15, 0.2) is 0 Å². The summed E-state index contributed by atoms with van der Waals surface area (Å²) in [6, 6.07) is 11.7. The molecule has 2 N–H and O–H groups in total. The summed E-state index contributed by atoms with van der Waals surface area (Å²) in [5.41, 5.74) is 3.94.